The fraction of sp³-hybridized carbons (Fsp3) is 1.00. The summed E-state index contributed by atoms with van der Waals surface area (Å²) in [6.07, 6.45) is 13.2. The molecule has 0 amide bonds. The van der Waals surface area contributed by atoms with E-state index in [0.29, 0.717) is 5.41 Å². The van der Waals surface area contributed by atoms with E-state index in [2.05, 4.69) is 34.6 Å². The molecule has 1 atom stereocenters. The van der Waals surface area contributed by atoms with Crippen LogP contribution in [0, 0.1) is 23.2 Å². The van der Waals surface area contributed by atoms with Crippen LogP contribution in [-0.2, 0) is 0 Å². The number of hydrogen-bond acceptors (Lipinski definition) is 0. The van der Waals surface area contributed by atoms with Crippen molar-refractivity contribution in [2.75, 3.05) is 0 Å². The predicted molar refractivity (Wildman–Crippen MR) is 82.8 cm³/mol. The van der Waals surface area contributed by atoms with Gasteiger partial charge in [0.25, 0.3) is 0 Å². The maximum atomic E-state index is 2.50. The topological polar surface area (TPSA) is 0 Å². The van der Waals surface area contributed by atoms with Gasteiger partial charge in [-0.25, -0.2) is 0 Å². The molecular formula is C18H36. The third kappa shape index (κ3) is 6.25. The molecule has 0 N–H and O–H groups in total. The average Bonchev–Trinajstić information content (AvgIpc) is 2.28. The van der Waals surface area contributed by atoms with Crippen LogP contribution in [0.25, 0.3) is 0 Å². The van der Waals surface area contributed by atoms with Crippen LogP contribution in [0.15, 0.2) is 0 Å². The van der Waals surface area contributed by atoms with Gasteiger partial charge in [-0.3, -0.25) is 0 Å². The van der Waals surface area contributed by atoms with Gasteiger partial charge in [-0.15, -0.1) is 0 Å². The lowest BCUT2D eigenvalue weighted by Gasteiger charge is -2.35. The molecule has 1 saturated carbocycles. The molecule has 1 aliphatic carbocycles. The number of rotatable bonds is 6. The molecule has 0 nitrogen and oxygen atoms in total. The first-order valence-electron chi connectivity index (χ1n) is 8.42. The summed E-state index contributed by atoms with van der Waals surface area (Å²) in [6.45, 7) is 12.0. The van der Waals surface area contributed by atoms with E-state index in [0.717, 1.165) is 17.8 Å². The molecule has 1 unspecified atom stereocenters. The van der Waals surface area contributed by atoms with Crippen molar-refractivity contribution in [2.24, 2.45) is 23.2 Å². The van der Waals surface area contributed by atoms with Gasteiger partial charge < -0.3 is 0 Å². The van der Waals surface area contributed by atoms with E-state index in [1.54, 1.807) is 0 Å². The quantitative estimate of drug-likeness (QED) is 0.477. The van der Waals surface area contributed by atoms with Crippen molar-refractivity contribution in [3.05, 3.63) is 0 Å². The van der Waals surface area contributed by atoms with Crippen molar-refractivity contribution < 1.29 is 0 Å². The molecule has 0 aliphatic heterocycles. The first-order valence-corrected chi connectivity index (χ1v) is 8.42. The standard InChI is InChI=1S/C18H36/c1-6-7-8-9-15(2)17-12-10-16(11-13-17)14-18(3,4)5/h15-17H,6-14H2,1-5H3. The lowest BCUT2D eigenvalue weighted by molar-refractivity contribution is 0.168. The minimum atomic E-state index is 0.532. The zero-order chi connectivity index (χ0) is 13.6. The van der Waals surface area contributed by atoms with Gasteiger partial charge in [0, 0.05) is 0 Å². The van der Waals surface area contributed by atoms with E-state index in [1.807, 2.05) is 0 Å². The molecule has 0 heteroatoms. The highest BCUT2D eigenvalue weighted by atomic mass is 14.3. The summed E-state index contributed by atoms with van der Waals surface area (Å²) >= 11 is 0. The van der Waals surface area contributed by atoms with Crippen LogP contribution in [-0.4, -0.2) is 0 Å². The van der Waals surface area contributed by atoms with Gasteiger partial charge in [0.1, 0.15) is 0 Å². The van der Waals surface area contributed by atoms with Crippen molar-refractivity contribution in [2.45, 2.75) is 92.4 Å². The fourth-order valence-electron chi connectivity index (χ4n) is 3.78. The first-order chi connectivity index (χ1) is 8.42. The molecular weight excluding hydrogens is 216 g/mol. The van der Waals surface area contributed by atoms with Crippen molar-refractivity contribution in [3.63, 3.8) is 0 Å². The lowest BCUT2D eigenvalue weighted by atomic mass is 9.71. The van der Waals surface area contributed by atoms with Crippen LogP contribution in [0.4, 0.5) is 0 Å². The Balaban J connectivity index is 2.22. The Morgan fingerprint density at radius 3 is 2.11 bits per heavy atom. The molecule has 108 valence electrons. The molecule has 0 saturated heterocycles. The second kappa shape index (κ2) is 7.56. The molecule has 1 aliphatic rings. The Labute approximate surface area is 116 Å². The predicted octanol–water partition coefficient (Wildman–Crippen LogP) is 6.45. The van der Waals surface area contributed by atoms with E-state index in [-0.39, 0.29) is 0 Å². The van der Waals surface area contributed by atoms with Gasteiger partial charge in [0.15, 0.2) is 0 Å². The molecule has 0 aromatic rings. The van der Waals surface area contributed by atoms with Gasteiger partial charge in [-0.2, -0.15) is 0 Å². The summed E-state index contributed by atoms with van der Waals surface area (Å²) in [5, 5.41) is 0. The number of hydrogen-bond donors (Lipinski definition) is 0. The summed E-state index contributed by atoms with van der Waals surface area (Å²) in [7, 11) is 0. The molecule has 0 heterocycles. The zero-order valence-electron chi connectivity index (χ0n) is 13.6. The van der Waals surface area contributed by atoms with Crippen LogP contribution in [0.1, 0.15) is 92.4 Å². The Kier molecular flexibility index (Phi) is 6.74. The van der Waals surface area contributed by atoms with E-state index in [9.17, 15) is 0 Å². The minimum Gasteiger partial charge on any atom is -0.0654 e. The summed E-state index contributed by atoms with van der Waals surface area (Å²) in [4.78, 5) is 0. The van der Waals surface area contributed by atoms with Crippen LogP contribution in [0.5, 0.6) is 0 Å². The maximum absolute atomic E-state index is 2.50. The third-order valence-corrected chi connectivity index (χ3v) is 4.86. The summed E-state index contributed by atoms with van der Waals surface area (Å²) in [5.74, 6) is 3.04. The second-order valence-corrected chi connectivity index (χ2v) is 8.02. The van der Waals surface area contributed by atoms with Crippen molar-refractivity contribution in [1.29, 1.82) is 0 Å². The van der Waals surface area contributed by atoms with Gasteiger partial charge in [-0.05, 0) is 42.4 Å². The van der Waals surface area contributed by atoms with Crippen molar-refractivity contribution >= 4 is 0 Å². The SMILES string of the molecule is CCCCCC(C)C1CCC(CC(C)(C)C)CC1. The first kappa shape index (κ1) is 16.1. The second-order valence-electron chi connectivity index (χ2n) is 8.02. The monoisotopic (exact) mass is 252 g/mol. The van der Waals surface area contributed by atoms with Crippen LogP contribution >= 0.6 is 0 Å². The van der Waals surface area contributed by atoms with E-state index >= 15 is 0 Å². The lowest BCUT2D eigenvalue weighted by Crippen LogP contribution is -2.23. The summed E-state index contributed by atoms with van der Waals surface area (Å²) in [6, 6.07) is 0. The van der Waals surface area contributed by atoms with E-state index in [1.165, 1.54) is 57.8 Å². The molecule has 18 heavy (non-hydrogen) atoms. The Morgan fingerprint density at radius 2 is 1.61 bits per heavy atom. The van der Waals surface area contributed by atoms with E-state index < -0.39 is 0 Å². The fourth-order valence-corrected chi connectivity index (χ4v) is 3.78. The van der Waals surface area contributed by atoms with Gasteiger partial charge >= 0.3 is 0 Å². The highest BCUT2D eigenvalue weighted by Gasteiger charge is 2.27. The molecule has 1 fully saturated rings. The van der Waals surface area contributed by atoms with Gasteiger partial charge in [0.05, 0.1) is 0 Å². The summed E-state index contributed by atoms with van der Waals surface area (Å²) in [5.41, 5.74) is 0.532. The highest BCUT2D eigenvalue weighted by molar-refractivity contribution is 4.79. The molecule has 0 radical (unpaired) electrons. The minimum absolute atomic E-state index is 0.532. The molecule has 1 rings (SSSR count). The molecule has 0 bridgehead atoms. The Bertz CT molecular complexity index is 203. The van der Waals surface area contributed by atoms with Crippen LogP contribution in [0.2, 0.25) is 0 Å². The highest BCUT2D eigenvalue weighted by Crippen LogP contribution is 2.39. The third-order valence-electron chi connectivity index (χ3n) is 4.86. The van der Waals surface area contributed by atoms with Gasteiger partial charge in [-0.1, -0.05) is 73.1 Å². The van der Waals surface area contributed by atoms with Crippen LogP contribution < -0.4 is 0 Å². The Hall–Kier alpha value is 0. The van der Waals surface area contributed by atoms with Crippen molar-refractivity contribution in [3.8, 4) is 0 Å². The van der Waals surface area contributed by atoms with Crippen LogP contribution in [0.3, 0.4) is 0 Å². The summed E-state index contributed by atoms with van der Waals surface area (Å²) < 4.78 is 0. The molecule has 0 spiro atoms. The van der Waals surface area contributed by atoms with Crippen molar-refractivity contribution in [1.82, 2.24) is 0 Å². The zero-order valence-corrected chi connectivity index (χ0v) is 13.6. The molecule has 0 aromatic carbocycles. The van der Waals surface area contributed by atoms with Gasteiger partial charge in [0.2, 0.25) is 0 Å². The number of unbranched alkanes of at least 4 members (excludes halogenated alkanes) is 2. The average molecular weight is 252 g/mol. The molecule has 0 aromatic heterocycles. The van der Waals surface area contributed by atoms with E-state index in [4.69, 9.17) is 0 Å². The smallest absolute Gasteiger partial charge is 0.0380 e. The largest absolute Gasteiger partial charge is 0.0654 e. The normalized spacial score (nSPS) is 27.2. The Morgan fingerprint density at radius 1 is 1.00 bits per heavy atom. The maximum Gasteiger partial charge on any atom is -0.0380 e.